The number of rotatable bonds is 7. The number of carbonyl (C=O) groups excluding carboxylic acids is 1. The van der Waals surface area contributed by atoms with Crippen molar-refractivity contribution >= 4 is 23.6 Å². The number of benzene rings is 1. The van der Waals surface area contributed by atoms with Crippen molar-refractivity contribution in [2.24, 2.45) is 0 Å². The highest BCUT2D eigenvalue weighted by atomic mass is 35.5. The van der Waals surface area contributed by atoms with Gasteiger partial charge in [-0.25, -0.2) is 4.79 Å². The number of nitrogens with one attached hydrogen (secondary N) is 1. The lowest BCUT2D eigenvalue weighted by atomic mass is 9.85. The Labute approximate surface area is 164 Å². The SMILES string of the molecule is CCN(CC(=O)O)C1CC(NC(=O)N2CCC(Oc3ccc(Cl)cc3)C2)C1. The third kappa shape index (κ3) is 5.26. The van der Waals surface area contributed by atoms with E-state index in [1.807, 2.05) is 24.0 Å². The van der Waals surface area contributed by atoms with E-state index in [1.165, 1.54) is 0 Å². The van der Waals surface area contributed by atoms with Crippen LogP contribution in [0, 0.1) is 0 Å². The van der Waals surface area contributed by atoms with E-state index in [0.29, 0.717) is 24.7 Å². The first-order valence-electron chi connectivity index (χ1n) is 9.38. The fourth-order valence-corrected chi connectivity index (χ4v) is 3.78. The second-order valence-electron chi connectivity index (χ2n) is 7.16. The number of carboxylic acids is 1. The van der Waals surface area contributed by atoms with Crippen molar-refractivity contribution in [1.29, 1.82) is 0 Å². The Morgan fingerprint density at radius 3 is 2.67 bits per heavy atom. The van der Waals surface area contributed by atoms with Crippen LogP contribution in [0.1, 0.15) is 26.2 Å². The third-order valence-corrected chi connectivity index (χ3v) is 5.50. The minimum absolute atomic E-state index is 0.0165. The van der Waals surface area contributed by atoms with Crippen molar-refractivity contribution in [3.05, 3.63) is 29.3 Å². The number of carbonyl (C=O) groups is 2. The number of urea groups is 1. The average molecular weight is 396 g/mol. The largest absolute Gasteiger partial charge is 0.489 e. The van der Waals surface area contributed by atoms with Crippen molar-refractivity contribution in [1.82, 2.24) is 15.1 Å². The highest BCUT2D eigenvalue weighted by Gasteiger charge is 2.36. The zero-order valence-electron chi connectivity index (χ0n) is 15.4. The molecule has 0 radical (unpaired) electrons. The van der Waals surface area contributed by atoms with E-state index in [9.17, 15) is 9.59 Å². The molecule has 1 aromatic rings. The summed E-state index contributed by atoms with van der Waals surface area (Å²) in [6.45, 7) is 3.94. The minimum Gasteiger partial charge on any atom is -0.489 e. The molecule has 27 heavy (non-hydrogen) atoms. The van der Waals surface area contributed by atoms with Crippen LogP contribution in [0.3, 0.4) is 0 Å². The first-order valence-corrected chi connectivity index (χ1v) is 9.76. The fourth-order valence-electron chi connectivity index (χ4n) is 3.66. The molecule has 1 saturated carbocycles. The standard InChI is InChI=1S/C19H26ClN3O4/c1-2-22(12-18(24)25)15-9-14(10-15)21-19(26)23-8-7-17(11-23)27-16-5-3-13(20)4-6-16/h3-6,14-15,17H,2,7-12H2,1H3,(H,21,26)(H,24,25). The normalized spacial score (nSPS) is 24.6. The van der Waals surface area contributed by atoms with Gasteiger partial charge in [-0.2, -0.15) is 0 Å². The Morgan fingerprint density at radius 2 is 2.04 bits per heavy atom. The van der Waals surface area contributed by atoms with Crippen LogP contribution in [0.25, 0.3) is 0 Å². The first-order chi connectivity index (χ1) is 12.9. The van der Waals surface area contributed by atoms with Crippen molar-refractivity contribution in [3.63, 3.8) is 0 Å². The van der Waals surface area contributed by atoms with Crippen LogP contribution < -0.4 is 10.1 Å². The predicted octanol–water partition coefficient (Wildman–Crippen LogP) is 2.44. The molecule has 0 bridgehead atoms. The molecule has 2 aliphatic rings. The van der Waals surface area contributed by atoms with Crippen LogP contribution >= 0.6 is 11.6 Å². The highest BCUT2D eigenvalue weighted by molar-refractivity contribution is 6.30. The number of nitrogens with zero attached hydrogens (tertiary/aromatic N) is 2. The van der Waals surface area contributed by atoms with Gasteiger partial charge in [0.2, 0.25) is 0 Å². The average Bonchev–Trinajstić information content (AvgIpc) is 3.06. The molecule has 8 heteroatoms. The molecule has 1 aromatic carbocycles. The summed E-state index contributed by atoms with van der Waals surface area (Å²) >= 11 is 5.88. The van der Waals surface area contributed by atoms with E-state index in [4.69, 9.17) is 21.4 Å². The van der Waals surface area contributed by atoms with Crippen LogP contribution in [0.4, 0.5) is 4.79 Å². The molecule has 1 unspecified atom stereocenters. The molecule has 1 saturated heterocycles. The van der Waals surface area contributed by atoms with E-state index in [1.54, 1.807) is 17.0 Å². The maximum absolute atomic E-state index is 12.4. The van der Waals surface area contributed by atoms with Gasteiger partial charge in [-0.3, -0.25) is 9.69 Å². The minimum atomic E-state index is -0.812. The molecule has 0 aromatic heterocycles. The Kier molecular flexibility index (Phi) is 6.44. The molecular weight excluding hydrogens is 370 g/mol. The lowest BCUT2D eigenvalue weighted by molar-refractivity contribution is -0.139. The number of amides is 2. The van der Waals surface area contributed by atoms with E-state index in [0.717, 1.165) is 25.0 Å². The van der Waals surface area contributed by atoms with Gasteiger partial charge in [0.15, 0.2) is 0 Å². The maximum Gasteiger partial charge on any atom is 0.317 e. The van der Waals surface area contributed by atoms with Gasteiger partial charge in [0.1, 0.15) is 11.9 Å². The lowest BCUT2D eigenvalue weighted by Gasteiger charge is -2.42. The van der Waals surface area contributed by atoms with E-state index in [-0.39, 0.29) is 30.8 Å². The van der Waals surface area contributed by atoms with Crippen molar-refractivity contribution in [3.8, 4) is 5.75 Å². The topological polar surface area (TPSA) is 82.1 Å². The summed E-state index contributed by atoms with van der Waals surface area (Å²) in [7, 11) is 0. The number of hydrogen-bond acceptors (Lipinski definition) is 4. The highest BCUT2D eigenvalue weighted by Crippen LogP contribution is 2.26. The van der Waals surface area contributed by atoms with Crippen LogP contribution in [0.5, 0.6) is 5.75 Å². The summed E-state index contributed by atoms with van der Waals surface area (Å²) in [5, 5.41) is 12.7. The second-order valence-corrected chi connectivity index (χ2v) is 7.59. The number of halogens is 1. The summed E-state index contributed by atoms with van der Waals surface area (Å²) in [6.07, 6.45) is 2.37. The molecular formula is C19H26ClN3O4. The molecule has 7 nitrogen and oxygen atoms in total. The number of carboxylic acid groups (broad SMARTS) is 1. The summed E-state index contributed by atoms with van der Waals surface area (Å²) in [4.78, 5) is 27.1. The molecule has 1 aliphatic carbocycles. The maximum atomic E-state index is 12.4. The zero-order valence-corrected chi connectivity index (χ0v) is 16.2. The summed E-state index contributed by atoms with van der Waals surface area (Å²) < 4.78 is 5.91. The van der Waals surface area contributed by atoms with Crippen LogP contribution in [0.15, 0.2) is 24.3 Å². The van der Waals surface area contributed by atoms with Gasteiger partial charge in [-0.05, 0) is 43.7 Å². The van der Waals surface area contributed by atoms with Crippen LogP contribution in [0.2, 0.25) is 5.02 Å². The zero-order chi connectivity index (χ0) is 19.4. The molecule has 1 atom stereocenters. The summed E-state index contributed by atoms with van der Waals surface area (Å²) in [5.74, 6) is -0.0558. The van der Waals surface area contributed by atoms with Gasteiger partial charge in [0.25, 0.3) is 0 Å². The Morgan fingerprint density at radius 1 is 1.33 bits per heavy atom. The predicted molar refractivity (Wildman–Crippen MR) is 102 cm³/mol. The smallest absolute Gasteiger partial charge is 0.317 e. The second kappa shape index (κ2) is 8.80. The van der Waals surface area contributed by atoms with E-state index >= 15 is 0 Å². The number of aliphatic carboxylic acids is 1. The quantitative estimate of drug-likeness (QED) is 0.741. The first kappa shape index (κ1) is 19.8. The molecule has 3 rings (SSSR count). The van der Waals surface area contributed by atoms with Gasteiger partial charge in [-0.15, -0.1) is 0 Å². The molecule has 0 spiro atoms. The fraction of sp³-hybridized carbons (Fsp3) is 0.579. The number of likely N-dealkylation sites (N-methyl/N-ethyl adjacent to an activating group) is 1. The van der Waals surface area contributed by atoms with Gasteiger partial charge in [0.05, 0.1) is 13.1 Å². The van der Waals surface area contributed by atoms with Crippen molar-refractivity contribution in [2.45, 2.75) is 44.4 Å². The monoisotopic (exact) mass is 395 g/mol. The molecule has 148 valence electrons. The Bertz CT molecular complexity index is 663. The molecule has 2 fully saturated rings. The molecule has 2 N–H and O–H groups in total. The molecule has 1 heterocycles. The number of hydrogen-bond donors (Lipinski definition) is 2. The summed E-state index contributed by atoms with van der Waals surface area (Å²) in [5.41, 5.74) is 0. The summed E-state index contributed by atoms with van der Waals surface area (Å²) in [6, 6.07) is 7.51. The van der Waals surface area contributed by atoms with Gasteiger partial charge < -0.3 is 20.1 Å². The Hall–Kier alpha value is -1.99. The van der Waals surface area contributed by atoms with E-state index < -0.39 is 5.97 Å². The van der Waals surface area contributed by atoms with E-state index in [2.05, 4.69) is 5.32 Å². The van der Waals surface area contributed by atoms with Crippen molar-refractivity contribution < 1.29 is 19.4 Å². The molecule has 1 aliphatic heterocycles. The van der Waals surface area contributed by atoms with Gasteiger partial charge in [-0.1, -0.05) is 18.5 Å². The Balaban J connectivity index is 1.40. The van der Waals surface area contributed by atoms with Crippen LogP contribution in [-0.4, -0.2) is 71.3 Å². The van der Waals surface area contributed by atoms with Crippen molar-refractivity contribution in [2.75, 3.05) is 26.2 Å². The molecule has 2 amide bonds. The van der Waals surface area contributed by atoms with Crippen LogP contribution in [-0.2, 0) is 4.79 Å². The third-order valence-electron chi connectivity index (χ3n) is 5.25. The van der Waals surface area contributed by atoms with Gasteiger partial charge >= 0.3 is 12.0 Å². The lowest BCUT2D eigenvalue weighted by Crippen LogP contribution is -2.56. The number of likely N-dealkylation sites (tertiary alicyclic amines) is 1. The number of ether oxygens (including phenoxy) is 1. The van der Waals surface area contributed by atoms with Gasteiger partial charge in [0, 0.05) is 30.1 Å².